The predicted octanol–water partition coefficient (Wildman–Crippen LogP) is 1.56. The molecule has 0 spiro atoms. The lowest BCUT2D eigenvalue weighted by Crippen LogP contribution is -2.45. The highest BCUT2D eigenvalue weighted by molar-refractivity contribution is 6.50. The van der Waals surface area contributed by atoms with Gasteiger partial charge in [-0.25, -0.2) is 0 Å². The molecule has 0 unspecified atom stereocenters. The van der Waals surface area contributed by atoms with Gasteiger partial charge in [-0.3, -0.25) is 14.8 Å². The van der Waals surface area contributed by atoms with E-state index < -0.39 is 5.54 Å². The lowest BCUT2D eigenvalue weighted by atomic mass is 9.84. The molecule has 1 amide bonds. The van der Waals surface area contributed by atoms with Crippen LogP contribution in [0.25, 0.3) is 0 Å². The number of anilines is 1. The van der Waals surface area contributed by atoms with E-state index in [9.17, 15) is 4.79 Å². The highest BCUT2D eigenvalue weighted by Gasteiger charge is 2.14. The van der Waals surface area contributed by atoms with Crippen LogP contribution >= 0.6 is 11.6 Å². The van der Waals surface area contributed by atoms with Gasteiger partial charge in [-0.2, -0.15) is 0 Å². The number of pyridine rings is 2. The number of aromatic nitrogens is 2. The Kier molecular flexibility index (Phi) is 5.96. The second-order valence-corrected chi connectivity index (χ2v) is 6.13. The van der Waals surface area contributed by atoms with Crippen molar-refractivity contribution in [3.8, 4) is 12.3 Å². The van der Waals surface area contributed by atoms with E-state index in [1.807, 2.05) is 13.8 Å². The molecule has 0 aromatic carbocycles. The fourth-order valence-corrected chi connectivity index (χ4v) is 2.01. The zero-order valence-corrected chi connectivity index (χ0v) is 14.3. The van der Waals surface area contributed by atoms with Crippen molar-refractivity contribution in [2.24, 2.45) is 0 Å². The van der Waals surface area contributed by atoms with Gasteiger partial charge in [0.05, 0.1) is 17.0 Å². The van der Waals surface area contributed by atoms with Crippen LogP contribution in [0.1, 0.15) is 19.4 Å². The minimum atomic E-state index is -0.473. The molecule has 121 valence electrons. The van der Waals surface area contributed by atoms with Crippen LogP contribution in [0.3, 0.4) is 0 Å². The Morgan fingerprint density at radius 3 is 2.92 bits per heavy atom. The molecule has 0 fully saturated rings. The van der Waals surface area contributed by atoms with Crippen molar-refractivity contribution in [1.29, 1.82) is 0 Å². The molecule has 0 bridgehead atoms. The number of carbonyl (C=O) groups excluding carboxylic acids is 1. The number of hydrogen-bond acceptors (Lipinski definition) is 4. The topological polar surface area (TPSA) is 66.9 Å². The Morgan fingerprint density at radius 1 is 1.42 bits per heavy atom. The number of hydrogen-bond donors (Lipinski definition) is 2. The van der Waals surface area contributed by atoms with Gasteiger partial charge in [0.25, 0.3) is 7.41 Å². The lowest BCUT2D eigenvalue weighted by molar-refractivity contribution is -0.115. The van der Waals surface area contributed by atoms with Gasteiger partial charge >= 0.3 is 0 Å². The maximum Gasteiger partial charge on any atom is 0.271 e. The summed E-state index contributed by atoms with van der Waals surface area (Å²) < 4.78 is 0. The van der Waals surface area contributed by atoms with Crippen molar-refractivity contribution < 1.29 is 4.79 Å². The standard InChI is InChI=1S/C17H17BClN4O/c1-4-17(2,3)23-18-15-10-13(6-8-21-15)22-16(24)9-12-5-7-20-11-14(12)19/h1,5-8,10-11,23H,9H2,2-3H3,(H,21,22,24). The number of nitrogens with zero attached hydrogens (tertiary/aromatic N) is 2. The Bertz CT molecular complexity index is 773. The highest BCUT2D eigenvalue weighted by Crippen LogP contribution is 2.14. The molecule has 24 heavy (non-hydrogen) atoms. The third kappa shape index (κ3) is 5.37. The maximum absolute atomic E-state index is 12.1. The van der Waals surface area contributed by atoms with Crippen molar-refractivity contribution >= 4 is 36.2 Å². The average Bonchev–Trinajstić information content (AvgIpc) is 2.56. The Hall–Kier alpha value is -2.36. The van der Waals surface area contributed by atoms with Gasteiger partial charge in [0.2, 0.25) is 5.91 Å². The third-order valence-electron chi connectivity index (χ3n) is 3.21. The summed E-state index contributed by atoms with van der Waals surface area (Å²) in [5, 5.41) is 6.38. The highest BCUT2D eigenvalue weighted by atomic mass is 35.5. The van der Waals surface area contributed by atoms with Crippen LogP contribution in [-0.2, 0) is 11.2 Å². The van der Waals surface area contributed by atoms with Crippen molar-refractivity contribution in [2.75, 3.05) is 5.32 Å². The van der Waals surface area contributed by atoms with Crippen molar-refractivity contribution in [3.63, 3.8) is 0 Å². The Morgan fingerprint density at radius 2 is 2.21 bits per heavy atom. The Balaban J connectivity index is 1.98. The molecule has 0 saturated heterocycles. The largest absolute Gasteiger partial charge is 0.340 e. The number of terminal acetylenes is 1. The van der Waals surface area contributed by atoms with Crippen LogP contribution in [0.4, 0.5) is 5.69 Å². The molecule has 5 nitrogen and oxygen atoms in total. The summed E-state index contributed by atoms with van der Waals surface area (Å²) in [6.45, 7) is 3.77. The first kappa shape index (κ1) is 18.0. The van der Waals surface area contributed by atoms with Gasteiger partial charge in [0.1, 0.15) is 0 Å². The zero-order valence-electron chi connectivity index (χ0n) is 13.5. The average molecular weight is 340 g/mol. The summed E-state index contributed by atoms with van der Waals surface area (Å²) in [5.74, 6) is 2.46. The molecule has 2 aromatic heterocycles. The van der Waals surface area contributed by atoms with Crippen LogP contribution in [0.15, 0.2) is 36.8 Å². The number of halogens is 1. The third-order valence-corrected chi connectivity index (χ3v) is 3.55. The van der Waals surface area contributed by atoms with Gasteiger partial charge in [0, 0.05) is 29.9 Å². The van der Waals surface area contributed by atoms with Crippen molar-refractivity contribution in [2.45, 2.75) is 25.8 Å². The predicted molar refractivity (Wildman–Crippen MR) is 97.3 cm³/mol. The monoisotopic (exact) mass is 339 g/mol. The van der Waals surface area contributed by atoms with E-state index in [1.54, 1.807) is 38.0 Å². The van der Waals surface area contributed by atoms with Crippen LogP contribution in [0, 0.1) is 12.3 Å². The zero-order chi connectivity index (χ0) is 17.6. The molecule has 0 aliphatic carbocycles. The number of rotatable bonds is 6. The van der Waals surface area contributed by atoms with Crippen molar-refractivity contribution in [3.05, 3.63) is 47.4 Å². The van der Waals surface area contributed by atoms with E-state index in [4.69, 9.17) is 18.0 Å². The summed E-state index contributed by atoms with van der Waals surface area (Å²) >= 11 is 6.01. The van der Waals surface area contributed by atoms with E-state index in [0.717, 1.165) is 5.56 Å². The molecule has 2 aromatic rings. The summed E-state index contributed by atoms with van der Waals surface area (Å²) in [4.78, 5) is 20.3. The number of carbonyl (C=O) groups is 1. The SMILES string of the molecule is C#CC(C)(C)N[B]c1cc(NC(=O)Cc2ccncc2Cl)ccn1. The van der Waals surface area contributed by atoms with E-state index >= 15 is 0 Å². The quantitative estimate of drug-likeness (QED) is 0.619. The summed E-state index contributed by atoms with van der Waals surface area (Å²) in [5.41, 5.74) is 1.56. The van der Waals surface area contributed by atoms with E-state index in [1.165, 1.54) is 6.20 Å². The van der Waals surface area contributed by atoms with Crippen LogP contribution in [0.5, 0.6) is 0 Å². The van der Waals surface area contributed by atoms with E-state index in [0.29, 0.717) is 16.3 Å². The molecule has 2 rings (SSSR count). The van der Waals surface area contributed by atoms with Crippen LogP contribution in [-0.4, -0.2) is 28.8 Å². The summed E-state index contributed by atoms with van der Waals surface area (Å²) in [6, 6.07) is 5.20. The fraction of sp³-hybridized carbons (Fsp3) is 0.235. The molecule has 2 N–H and O–H groups in total. The molecule has 0 atom stereocenters. The maximum atomic E-state index is 12.1. The molecular formula is C17H17BClN4O. The molecule has 2 heterocycles. The lowest BCUT2D eigenvalue weighted by Gasteiger charge is -2.18. The first-order valence-corrected chi connectivity index (χ1v) is 7.70. The molecular weight excluding hydrogens is 322 g/mol. The van der Waals surface area contributed by atoms with Gasteiger partial charge in [0.15, 0.2) is 0 Å². The van der Waals surface area contributed by atoms with Gasteiger partial charge < -0.3 is 10.5 Å². The first-order chi connectivity index (χ1) is 11.4. The molecule has 0 saturated carbocycles. The summed E-state index contributed by atoms with van der Waals surface area (Å²) in [6.07, 6.45) is 10.3. The van der Waals surface area contributed by atoms with Crippen LogP contribution < -0.4 is 16.1 Å². The molecule has 7 heteroatoms. The van der Waals surface area contributed by atoms with E-state index in [2.05, 4.69) is 26.4 Å². The van der Waals surface area contributed by atoms with Gasteiger partial charge in [-0.05, 0) is 37.6 Å². The molecule has 0 aliphatic rings. The molecule has 0 aliphatic heterocycles. The fourth-order valence-electron chi connectivity index (χ4n) is 1.83. The second kappa shape index (κ2) is 7.96. The molecule has 1 radical (unpaired) electrons. The van der Waals surface area contributed by atoms with Crippen LogP contribution in [0.2, 0.25) is 5.02 Å². The summed E-state index contributed by atoms with van der Waals surface area (Å²) in [7, 11) is 1.72. The smallest absolute Gasteiger partial charge is 0.271 e. The second-order valence-electron chi connectivity index (χ2n) is 5.72. The Labute approximate surface area is 147 Å². The first-order valence-electron chi connectivity index (χ1n) is 7.32. The van der Waals surface area contributed by atoms with Gasteiger partial charge in [-0.15, -0.1) is 6.42 Å². The van der Waals surface area contributed by atoms with Gasteiger partial charge in [-0.1, -0.05) is 17.5 Å². The number of nitrogens with one attached hydrogen (secondary N) is 2. The minimum Gasteiger partial charge on any atom is -0.340 e. The normalized spacial score (nSPS) is 10.8. The van der Waals surface area contributed by atoms with E-state index in [-0.39, 0.29) is 12.3 Å². The van der Waals surface area contributed by atoms with Crippen molar-refractivity contribution in [1.82, 2.24) is 15.2 Å². The number of amides is 1. The minimum absolute atomic E-state index is 0.169.